The Kier molecular flexibility index (Phi) is 21.7. The van der Waals surface area contributed by atoms with Crippen LogP contribution in [-0.2, 0) is 18.9 Å². The van der Waals surface area contributed by atoms with E-state index in [0.717, 1.165) is 0 Å². The highest BCUT2D eigenvalue weighted by Gasteiger charge is 2.52. The second kappa shape index (κ2) is 23.5. The van der Waals surface area contributed by atoms with Gasteiger partial charge in [-0.3, -0.25) is 0 Å². The Morgan fingerprint density at radius 1 is 0.571 bits per heavy atom. The molecule has 56 heavy (non-hydrogen) atoms. The molecule has 324 valence electrons. The highest BCUT2D eigenvalue weighted by molar-refractivity contribution is 7.59. The maximum atomic E-state index is 10.4. The summed E-state index contributed by atoms with van der Waals surface area (Å²) in [6.45, 7) is -1.55. The molecule has 0 aromatic rings. The minimum atomic E-state index is -1.79. The van der Waals surface area contributed by atoms with E-state index in [0.29, 0.717) is 0 Å². The van der Waals surface area contributed by atoms with E-state index < -0.39 is 148 Å². The highest BCUT2D eigenvalue weighted by atomic mass is 32.1. The molecular formula is C26H52N12O16S2. The molecule has 22 atom stereocenters. The summed E-state index contributed by atoms with van der Waals surface area (Å²) in [4.78, 5) is 7.72. The maximum Gasteiger partial charge on any atom is 0.176 e. The first-order valence-electron chi connectivity index (χ1n) is 16.5. The number of azide groups is 3. The smallest absolute Gasteiger partial charge is 0.176 e. The fourth-order valence-electron chi connectivity index (χ4n) is 6.53. The number of nitrogens with zero attached hydrogens (tertiary/aromatic N) is 9. The zero-order valence-corrected chi connectivity index (χ0v) is 31.3. The van der Waals surface area contributed by atoms with Crippen LogP contribution in [0.1, 0.15) is 12.8 Å². The average molecular weight is 853 g/mol. The van der Waals surface area contributed by atoms with Crippen molar-refractivity contribution in [2.45, 2.75) is 147 Å². The van der Waals surface area contributed by atoms with Gasteiger partial charge in [0.2, 0.25) is 0 Å². The molecule has 0 aromatic heterocycles. The highest BCUT2D eigenvalue weighted by Crippen LogP contribution is 2.33. The van der Waals surface area contributed by atoms with E-state index in [1.54, 1.807) is 0 Å². The van der Waals surface area contributed by atoms with Crippen LogP contribution in [0.4, 0.5) is 0 Å². The molecule has 4 fully saturated rings. The first kappa shape index (κ1) is 51.9. The molecule has 0 amide bonds. The summed E-state index contributed by atoms with van der Waals surface area (Å²) in [7, 11) is 0. The van der Waals surface area contributed by atoms with Gasteiger partial charge in [0.25, 0.3) is 0 Å². The fraction of sp³-hybridized carbons (Fsp3) is 1.00. The number of hydrogen-bond acceptors (Lipinski definition) is 22. The van der Waals surface area contributed by atoms with Gasteiger partial charge in [-0.15, -0.1) is 0 Å². The quantitative estimate of drug-likeness (QED) is 0.0521. The molecule has 0 radical (unpaired) electrons. The second-order valence-electron chi connectivity index (χ2n) is 13.2. The maximum absolute atomic E-state index is 10.4. The van der Waals surface area contributed by atoms with E-state index in [1.807, 2.05) is 0 Å². The number of aliphatic hydroxyl groups is 12. The van der Waals surface area contributed by atoms with Crippen molar-refractivity contribution in [3.05, 3.63) is 31.3 Å². The van der Waals surface area contributed by atoms with Crippen LogP contribution in [0.3, 0.4) is 0 Å². The van der Waals surface area contributed by atoms with Crippen molar-refractivity contribution < 1.29 is 80.2 Å². The topological polar surface area (TPSA) is 504 Å². The number of aliphatic hydroxyl groups excluding tert-OH is 12. The third-order valence-corrected chi connectivity index (χ3v) is 9.63. The molecule has 2 aliphatic carbocycles. The predicted octanol–water partition coefficient (Wildman–Crippen LogP) is -7.16. The van der Waals surface area contributed by atoms with Gasteiger partial charge in [0.1, 0.15) is 67.1 Å². The van der Waals surface area contributed by atoms with Gasteiger partial charge in [0.15, 0.2) is 12.6 Å². The van der Waals surface area contributed by atoms with E-state index in [2.05, 4.69) is 30.1 Å². The Bertz CT molecular complexity index is 1360. The molecule has 4 aliphatic rings. The van der Waals surface area contributed by atoms with Gasteiger partial charge in [-0.05, 0) is 29.4 Å². The van der Waals surface area contributed by atoms with Crippen LogP contribution in [0, 0.1) is 0 Å². The Morgan fingerprint density at radius 3 is 1.55 bits per heavy atom. The molecule has 2 aliphatic heterocycles. The summed E-state index contributed by atoms with van der Waals surface area (Å²) in [5.41, 5.74) is 43.5. The van der Waals surface area contributed by atoms with Crippen LogP contribution in [-0.4, -0.2) is 209 Å². The SMILES string of the molecule is NC1[C@@H](O[C@@H]2C(N)C[C@@H](N)C(O)[C@H]2O)OC([C@@H](O)CO)[C@@H](O)[C@@H]1O.S.S.[N-]=[N+]=NC1[C@@H](O[C@@H]2C(N=[N+]=[N-])C[C@@H](N=[N+]=[N-])C(O)[C@H]2O)OC([C@@H](O)CO)[C@@H](O)[C@@H]1O. The van der Waals surface area contributed by atoms with Crippen molar-refractivity contribution in [2.75, 3.05) is 13.2 Å². The standard InChI is InChI=1S/C13H21N9O8.C13H27N3O8.2H2S/c14-20-17-3-1-4(18-21-15)11(9(27)7(3)25)29-13-6(19-22-16)8(26)10(28)12(30-13)5(24)2-23;14-3-1-4(15)11(9(21)7(3)19)23-13-6(16)8(20)10(22)12(24-13)5(18)2-17;;/h3-13,23-28H,1-2H2;3-13,17-22H,1-2,14-16H2;2*1H2/t2*3-,4?,5+,6?,7?,8-,9-,10+,11-,12?,13+;;/m11../s1. The Hall–Kier alpha value is -2.13. The lowest BCUT2D eigenvalue weighted by Crippen LogP contribution is -2.68. The van der Waals surface area contributed by atoms with Crippen LogP contribution >= 0.6 is 27.0 Å². The molecule has 2 heterocycles. The molecule has 30 heteroatoms. The summed E-state index contributed by atoms with van der Waals surface area (Å²) >= 11 is 0. The summed E-state index contributed by atoms with van der Waals surface area (Å²) < 4.78 is 21.8. The van der Waals surface area contributed by atoms with Crippen molar-refractivity contribution in [3.63, 3.8) is 0 Å². The fourth-order valence-corrected chi connectivity index (χ4v) is 6.53. The molecule has 0 aromatic carbocycles. The minimum Gasteiger partial charge on any atom is -0.394 e. The Balaban J connectivity index is 0.000000553. The van der Waals surface area contributed by atoms with Gasteiger partial charge in [0.05, 0.1) is 55.8 Å². The van der Waals surface area contributed by atoms with Crippen molar-refractivity contribution in [3.8, 4) is 0 Å². The molecule has 8 unspecified atom stereocenters. The Morgan fingerprint density at radius 2 is 1.04 bits per heavy atom. The van der Waals surface area contributed by atoms with Crippen LogP contribution in [0.5, 0.6) is 0 Å². The van der Waals surface area contributed by atoms with Gasteiger partial charge < -0.3 is 97.4 Å². The molecule has 2 saturated carbocycles. The van der Waals surface area contributed by atoms with Crippen molar-refractivity contribution in [2.24, 2.45) is 32.5 Å². The molecule has 4 rings (SSSR count). The third kappa shape index (κ3) is 11.8. The minimum absolute atomic E-state index is 0. The van der Waals surface area contributed by atoms with E-state index in [9.17, 15) is 51.1 Å². The van der Waals surface area contributed by atoms with Gasteiger partial charge >= 0.3 is 0 Å². The summed E-state index contributed by atoms with van der Waals surface area (Å²) in [5.74, 6) is 0. The third-order valence-electron chi connectivity index (χ3n) is 9.63. The largest absolute Gasteiger partial charge is 0.394 e. The predicted molar refractivity (Wildman–Crippen MR) is 194 cm³/mol. The van der Waals surface area contributed by atoms with E-state index >= 15 is 0 Å². The van der Waals surface area contributed by atoms with E-state index in [-0.39, 0.29) is 39.8 Å². The molecule has 0 spiro atoms. The van der Waals surface area contributed by atoms with Crippen molar-refractivity contribution in [1.82, 2.24) is 0 Å². The second-order valence-corrected chi connectivity index (χ2v) is 13.2. The molecule has 2 saturated heterocycles. The number of rotatable bonds is 11. The van der Waals surface area contributed by atoms with Gasteiger partial charge in [-0.25, -0.2) is 0 Å². The summed E-state index contributed by atoms with van der Waals surface area (Å²) in [6, 6.07) is -6.49. The van der Waals surface area contributed by atoms with Crippen LogP contribution in [0.15, 0.2) is 15.3 Å². The lowest BCUT2D eigenvalue weighted by molar-refractivity contribution is -0.303. The van der Waals surface area contributed by atoms with Gasteiger partial charge in [-0.1, -0.05) is 15.3 Å². The lowest BCUT2D eigenvalue weighted by Gasteiger charge is -2.46. The van der Waals surface area contributed by atoms with Crippen LogP contribution in [0.2, 0.25) is 0 Å². The first-order valence-corrected chi connectivity index (χ1v) is 16.5. The monoisotopic (exact) mass is 852 g/mol. The molecule has 0 bridgehead atoms. The van der Waals surface area contributed by atoms with Crippen LogP contribution < -0.4 is 17.2 Å². The first-order chi connectivity index (χ1) is 25.5. The zero-order chi connectivity index (χ0) is 40.6. The normalized spacial score (nSPS) is 44.6. The zero-order valence-electron chi connectivity index (χ0n) is 29.3. The van der Waals surface area contributed by atoms with Crippen LogP contribution in [0.25, 0.3) is 31.3 Å². The van der Waals surface area contributed by atoms with Gasteiger partial charge in [0, 0.05) is 26.8 Å². The van der Waals surface area contributed by atoms with E-state index in [4.69, 9.17) is 63.0 Å². The number of hydrogen-bond donors (Lipinski definition) is 15. The summed E-state index contributed by atoms with van der Waals surface area (Å²) in [5, 5.41) is 129. The van der Waals surface area contributed by atoms with Crippen molar-refractivity contribution in [1.29, 1.82) is 0 Å². The molecule has 18 N–H and O–H groups in total. The Labute approximate surface area is 331 Å². The lowest BCUT2D eigenvalue weighted by atomic mass is 9.84. The summed E-state index contributed by atoms with van der Waals surface area (Å²) in [6.07, 6.45) is -24.2. The van der Waals surface area contributed by atoms with Crippen molar-refractivity contribution >= 4 is 27.0 Å². The number of ether oxygens (including phenoxy) is 4. The molecule has 28 nitrogen and oxygen atoms in total. The average Bonchev–Trinajstić information content (AvgIpc) is 3.15. The molecular weight excluding hydrogens is 800 g/mol. The van der Waals surface area contributed by atoms with E-state index in [1.165, 1.54) is 0 Å². The number of nitrogens with two attached hydrogens (primary N) is 3. The van der Waals surface area contributed by atoms with Gasteiger partial charge in [-0.2, -0.15) is 27.0 Å².